The molecule has 1 N–H and O–H groups in total. The Morgan fingerprint density at radius 1 is 0.482 bits per heavy atom. The van der Waals surface area contributed by atoms with Crippen LogP contribution in [-0.2, 0) is 33.4 Å². The van der Waals surface area contributed by atoms with Crippen molar-refractivity contribution < 1.29 is 33.4 Å². The van der Waals surface area contributed by atoms with E-state index in [1.54, 1.807) is 0 Å². The minimum atomic E-state index is -1.29. The molecule has 0 spiro atoms. The third kappa shape index (κ3) is 38.9. The second-order valence-corrected chi connectivity index (χ2v) is 24.1. The van der Waals surface area contributed by atoms with Gasteiger partial charge in [0.15, 0.2) is 6.10 Å². The second kappa shape index (κ2) is 36.2. The average molecular weight is 810 g/mol. The van der Waals surface area contributed by atoms with Crippen molar-refractivity contribution in [3.63, 3.8) is 0 Å². The molecule has 0 aromatic rings. The summed E-state index contributed by atoms with van der Waals surface area (Å²) in [6.45, 7) is 16.0. The fraction of sp³-hybridized carbons (Fsp3) is 0.915. The van der Waals surface area contributed by atoms with Crippen LogP contribution >= 0.6 is 0 Å². The molecule has 56 heavy (non-hydrogen) atoms. The number of unbranched alkanes of at least 4 members (excludes halogenated alkanes) is 24. The van der Waals surface area contributed by atoms with Crippen molar-refractivity contribution in [2.24, 2.45) is 5.41 Å². The van der Waals surface area contributed by atoms with Crippen LogP contribution in [-0.4, -0.2) is 57.8 Å². The molecule has 0 aromatic carbocycles. The molecule has 0 saturated carbocycles. The molecule has 1 unspecified atom stereocenters. The lowest BCUT2D eigenvalue weighted by Gasteiger charge is -2.31. The number of hydrogen-bond acceptors (Lipinski definition) is 7. The maximum absolute atomic E-state index is 12.8. The zero-order valence-corrected chi connectivity index (χ0v) is 39.0. The highest BCUT2D eigenvalue weighted by atomic mass is 28.3. The first-order valence-corrected chi connectivity index (χ1v) is 27.3. The van der Waals surface area contributed by atoms with Crippen LogP contribution < -0.4 is 5.32 Å². The minimum Gasteiger partial charge on any atom is -0.462 e. The van der Waals surface area contributed by atoms with Crippen LogP contribution in [0.5, 0.6) is 0 Å². The highest BCUT2D eigenvalue weighted by Crippen LogP contribution is 2.27. The second-order valence-electron chi connectivity index (χ2n) is 18.6. The Bertz CT molecular complexity index is 980. The average Bonchev–Trinajstić information content (AvgIpc) is 3.13. The molecule has 9 heteroatoms. The van der Waals surface area contributed by atoms with Crippen molar-refractivity contribution in [1.29, 1.82) is 0 Å². The minimum absolute atomic E-state index is 0.00516. The van der Waals surface area contributed by atoms with E-state index in [0.717, 1.165) is 44.6 Å². The van der Waals surface area contributed by atoms with Crippen molar-refractivity contribution in [1.82, 2.24) is 5.32 Å². The summed E-state index contributed by atoms with van der Waals surface area (Å²) in [5.74, 6) is -1.43. The first-order chi connectivity index (χ1) is 26.8. The Balaban J connectivity index is 4.55. The molecule has 0 saturated heterocycles. The number of rotatable bonds is 40. The molecule has 0 aliphatic rings. The van der Waals surface area contributed by atoms with Crippen molar-refractivity contribution in [3.05, 3.63) is 0 Å². The van der Waals surface area contributed by atoms with Crippen molar-refractivity contribution in [2.75, 3.05) is 19.8 Å². The Morgan fingerprint density at radius 3 is 1.20 bits per heavy atom. The van der Waals surface area contributed by atoms with Crippen LogP contribution in [0, 0.1) is 5.41 Å². The smallest absolute Gasteiger partial charge is 0.306 e. The Kier molecular flexibility index (Phi) is 35.0. The van der Waals surface area contributed by atoms with Gasteiger partial charge >= 0.3 is 17.9 Å². The van der Waals surface area contributed by atoms with Gasteiger partial charge in [-0.1, -0.05) is 207 Å². The summed E-state index contributed by atoms with van der Waals surface area (Å²) in [7, 11) is -1.29. The van der Waals surface area contributed by atoms with Crippen LogP contribution in [0.1, 0.15) is 220 Å². The summed E-state index contributed by atoms with van der Waals surface area (Å²) in [4.78, 5) is 50.4. The van der Waals surface area contributed by atoms with Crippen LogP contribution in [0.3, 0.4) is 0 Å². The molecule has 0 aromatic heterocycles. The monoisotopic (exact) mass is 810 g/mol. The number of carbonyl (C=O) groups is 4. The fourth-order valence-electron chi connectivity index (χ4n) is 7.59. The van der Waals surface area contributed by atoms with Gasteiger partial charge in [-0.05, 0) is 18.3 Å². The molecule has 0 bridgehead atoms. The zero-order valence-electron chi connectivity index (χ0n) is 38.0. The highest BCUT2D eigenvalue weighted by Gasteiger charge is 2.27. The van der Waals surface area contributed by atoms with Gasteiger partial charge in [-0.2, -0.15) is 0 Å². The molecule has 0 heterocycles. The van der Waals surface area contributed by atoms with Gasteiger partial charge < -0.3 is 19.5 Å². The number of amides is 1. The maximum Gasteiger partial charge on any atom is 0.306 e. The number of esters is 3. The predicted octanol–water partition coefficient (Wildman–Crippen LogP) is 13.2. The molecule has 1 atom stereocenters. The van der Waals surface area contributed by atoms with Gasteiger partial charge in [-0.15, -0.1) is 0 Å². The molecular weight excluding hydrogens is 719 g/mol. The van der Waals surface area contributed by atoms with Crippen molar-refractivity contribution in [3.8, 4) is 0 Å². The third-order valence-electron chi connectivity index (χ3n) is 10.5. The van der Waals surface area contributed by atoms with Gasteiger partial charge in [-0.3, -0.25) is 19.2 Å². The van der Waals surface area contributed by atoms with E-state index in [1.165, 1.54) is 128 Å². The van der Waals surface area contributed by atoms with E-state index in [4.69, 9.17) is 14.2 Å². The van der Waals surface area contributed by atoms with E-state index in [-0.39, 0.29) is 55.7 Å². The summed E-state index contributed by atoms with van der Waals surface area (Å²) < 4.78 is 16.6. The van der Waals surface area contributed by atoms with Crippen LogP contribution in [0.15, 0.2) is 0 Å². The fourth-order valence-corrected chi connectivity index (χ4v) is 10.6. The Labute approximate surface area is 346 Å². The summed E-state index contributed by atoms with van der Waals surface area (Å²) >= 11 is 0. The van der Waals surface area contributed by atoms with E-state index in [9.17, 15) is 19.2 Å². The maximum atomic E-state index is 12.8. The molecule has 330 valence electrons. The van der Waals surface area contributed by atoms with Gasteiger partial charge in [-0.25, -0.2) is 0 Å². The number of ether oxygens (including phenoxy) is 3. The lowest BCUT2D eigenvalue weighted by atomic mass is 9.96. The first kappa shape index (κ1) is 54.1. The largest absolute Gasteiger partial charge is 0.462 e. The normalized spacial score (nSPS) is 12.3. The Hall–Kier alpha value is -1.90. The van der Waals surface area contributed by atoms with Gasteiger partial charge in [0.05, 0.1) is 6.42 Å². The third-order valence-corrected chi connectivity index (χ3v) is 12.5. The lowest BCUT2D eigenvalue weighted by Crippen LogP contribution is -2.38. The number of carbonyl (C=O) groups excluding carboxylic acids is 4. The van der Waals surface area contributed by atoms with Crippen LogP contribution in [0.2, 0.25) is 25.7 Å². The van der Waals surface area contributed by atoms with E-state index in [0.29, 0.717) is 13.0 Å². The number of hydrogen-bond donors (Lipinski definition) is 1. The summed E-state index contributed by atoms with van der Waals surface area (Å²) in [5, 5.41) is 2.97. The molecule has 0 radical (unpaired) electrons. The summed E-state index contributed by atoms with van der Waals surface area (Å²) in [5.41, 5.74) is -0.00516. The summed E-state index contributed by atoms with van der Waals surface area (Å²) in [6, 6.07) is 1.09. The van der Waals surface area contributed by atoms with Gasteiger partial charge in [0.1, 0.15) is 13.2 Å². The molecule has 0 aliphatic carbocycles. The highest BCUT2D eigenvalue weighted by molar-refractivity contribution is 6.76. The lowest BCUT2D eigenvalue weighted by molar-refractivity contribution is -0.167. The summed E-state index contributed by atoms with van der Waals surface area (Å²) in [6.07, 6.45) is 31.7. The molecule has 0 aliphatic heterocycles. The van der Waals surface area contributed by atoms with Crippen molar-refractivity contribution in [2.45, 2.75) is 252 Å². The van der Waals surface area contributed by atoms with Crippen LogP contribution in [0.25, 0.3) is 0 Å². The van der Waals surface area contributed by atoms with Crippen molar-refractivity contribution >= 4 is 31.9 Å². The number of nitrogens with one attached hydrogen (secondary N) is 1. The van der Waals surface area contributed by atoms with Crippen LogP contribution in [0.4, 0.5) is 0 Å². The topological polar surface area (TPSA) is 108 Å². The SMILES string of the molecule is CCCCCCCCCCCCCCCC(=O)OCC(COC(=O)CCC(=O)NCC(C)(C)C[Si](C)(C)C)OC(=O)CCCCCCCCCCCCCCC. The molecule has 8 nitrogen and oxygen atoms in total. The molecular formula is C47H91NO7Si. The van der Waals surface area contributed by atoms with E-state index < -0.39 is 20.1 Å². The van der Waals surface area contributed by atoms with Gasteiger partial charge in [0.2, 0.25) is 5.91 Å². The predicted molar refractivity (Wildman–Crippen MR) is 237 cm³/mol. The zero-order chi connectivity index (χ0) is 41.8. The quantitative estimate of drug-likeness (QED) is 0.0284. The van der Waals surface area contributed by atoms with E-state index >= 15 is 0 Å². The molecule has 0 rings (SSSR count). The molecule has 1 amide bonds. The first-order valence-electron chi connectivity index (χ1n) is 23.6. The Morgan fingerprint density at radius 2 is 0.821 bits per heavy atom. The molecule has 0 fully saturated rings. The van der Waals surface area contributed by atoms with Gasteiger partial charge in [0, 0.05) is 33.9 Å². The standard InChI is InChI=1S/C47H91NO7Si/c1-8-10-12-14-16-18-20-22-24-26-28-30-32-34-44(50)53-38-42(39-54-45(51)37-36-43(49)48-40-47(3,4)41-56(5,6)7)55-46(52)35-33-31-29-27-25-23-21-19-17-15-13-11-9-2/h42H,8-41H2,1-7H3,(H,48,49). The van der Waals surface area contributed by atoms with Gasteiger partial charge in [0.25, 0.3) is 0 Å². The van der Waals surface area contributed by atoms with E-state index in [1.807, 2.05) is 0 Å². The van der Waals surface area contributed by atoms with E-state index in [2.05, 4.69) is 52.7 Å².